The molecule has 1 fully saturated rings. The molecule has 0 saturated carbocycles. The summed E-state index contributed by atoms with van der Waals surface area (Å²) in [5, 5.41) is 8.05. The lowest BCUT2D eigenvalue weighted by molar-refractivity contribution is -0.120. The third kappa shape index (κ3) is 5.44. The van der Waals surface area contributed by atoms with Crippen LogP contribution in [0.3, 0.4) is 0 Å². The van der Waals surface area contributed by atoms with Crippen molar-refractivity contribution in [3.63, 3.8) is 0 Å². The predicted octanol–water partition coefficient (Wildman–Crippen LogP) is 3.36. The van der Waals surface area contributed by atoms with E-state index in [1.165, 1.54) is 0 Å². The molecule has 10 nitrogen and oxygen atoms in total. The second kappa shape index (κ2) is 11.1. The number of carbonyl (C=O) groups excluding carboxylic acids is 3. The van der Waals surface area contributed by atoms with Crippen LogP contribution in [0, 0.1) is 5.92 Å². The van der Waals surface area contributed by atoms with Crippen LogP contribution in [0.1, 0.15) is 54.5 Å². The third-order valence-electron chi connectivity index (χ3n) is 7.56. The van der Waals surface area contributed by atoms with Crippen LogP contribution in [0.4, 0.5) is 0 Å². The molecule has 0 bridgehead atoms. The van der Waals surface area contributed by atoms with Crippen molar-refractivity contribution in [2.45, 2.75) is 33.7 Å². The average Bonchev–Trinajstić information content (AvgIpc) is 3.36. The average molecular weight is 542 g/mol. The SMILES string of the molecule is CC1=CC(C)=NC(=O)C1CNC(=O)c1cc(-c2ccc(C(=O)N3CCN(C)CC3)cc2)nc2c1cnn2C(C)C. The molecule has 40 heavy (non-hydrogen) atoms. The molecular weight excluding hydrogens is 506 g/mol. The lowest BCUT2D eigenvalue weighted by Crippen LogP contribution is -2.47. The summed E-state index contributed by atoms with van der Waals surface area (Å²) in [4.78, 5) is 52.0. The number of likely N-dealkylation sites (N-methyl/N-ethyl adjacent to an activating group) is 1. The zero-order valence-electron chi connectivity index (χ0n) is 23.6. The van der Waals surface area contributed by atoms with Crippen molar-refractivity contribution in [3.05, 3.63) is 59.3 Å². The van der Waals surface area contributed by atoms with Crippen molar-refractivity contribution >= 4 is 34.5 Å². The number of fused-ring (bicyclic) bond motifs is 1. The number of dihydropyridines is 1. The number of nitrogens with zero attached hydrogens (tertiary/aromatic N) is 6. The minimum absolute atomic E-state index is 0.0159. The number of piperazine rings is 1. The van der Waals surface area contributed by atoms with E-state index in [0.717, 1.165) is 24.2 Å². The van der Waals surface area contributed by atoms with E-state index in [4.69, 9.17) is 4.98 Å². The molecular formula is C30H35N7O3. The Hall–Kier alpha value is -4.18. The lowest BCUT2D eigenvalue weighted by atomic mass is 9.95. The van der Waals surface area contributed by atoms with Gasteiger partial charge in [-0.05, 0) is 59.0 Å². The number of aliphatic imine (C=N–C) groups is 1. The largest absolute Gasteiger partial charge is 0.351 e. The number of pyridine rings is 1. The van der Waals surface area contributed by atoms with Gasteiger partial charge in [0, 0.05) is 55.6 Å². The highest BCUT2D eigenvalue weighted by atomic mass is 16.2. The van der Waals surface area contributed by atoms with Crippen molar-refractivity contribution < 1.29 is 14.4 Å². The van der Waals surface area contributed by atoms with Gasteiger partial charge in [0.2, 0.25) is 0 Å². The van der Waals surface area contributed by atoms with Gasteiger partial charge >= 0.3 is 0 Å². The number of hydrogen-bond acceptors (Lipinski definition) is 6. The molecule has 2 aliphatic heterocycles. The summed E-state index contributed by atoms with van der Waals surface area (Å²) in [6, 6.07) is 9.14. The first-order valence-electron chi connectivity index (χ1n) is 13.6. The van der Waals surface area contributed by atoms with Crippen LogP contribution in [0.15, 0.2) is 53.2 Å². The zero-order chi connectivity index (χ0) is 28.6. The number of allylic oxidation sites excluding steroid dienone is 1. The maximum absolute atomic E-state index is 13.5. The maximum atomic E-state index is 13.5. The van der Waals surface area contributed by atoms with Crippen molar-refractivity contribution in [3.8, 4) is 11.3 Å². The number of carbonyl (C=O) groups is 3. The first-order chi connectivity index (χ1) is 19.1. The van der Waals surface area contributed by atoms with E-state index in [-0.39, 0.29) is 30.3 Å². The van der Waals surface area contributed by atoms with Gasteiger partial charge in [-0.25, -0.2) is 14.7 Å². The zero-order valence-corrected chi connectivity index (χ0v) is 23.6. The van der Waals surface area contributed by atoms with Crippen molar-refractivity contribution in [2.75, 3.05) is 39.8 Å². The molecule has 1 saturated heterocycles. The standard InChI is InChI=1S/C30H35N7O3/c1-18(2)37-27-25(17-32-37)23(28(38)31-16-24-19(3)14-20(4)33-29(24)39)15-26(34-27)21-6-8-22(9-7-21)30(40)36-12-10-35(5)11-13-36/h6-9,14-15,17-18,24H,10-13,16H2,1-5H3,(H,31,38). The smallest absolute Gasteiger partial charge is 0.254 e. The molecule has 4 heterocycles. The first-order valence-corrected chi connectivity index (χ1v) is 13.6. The highest BCUT2D eigenvalue weighted by molar-refractivity contribution is 6.08. The Morgan fingerprint density at radius 3 is 2.42 bits per heavy atom. The molecule has 10 heteroatoms. The van der Waals surface area contributed by atoms with E-state index < -0.39 is 5.92 Å². The van der Waals surface area contributed by atoms with Crippen LogP contribution in [0.5, 0.6) is 0 Å². The van der Waals surface area contributed by atoms with Gasteiger partial charge in [0.25, 0.3) is 17.7 Å². The summed E-state index contributed by atoms with van der Waals surface area (Å²) >= 11 is 0. The van der Waals surface area contributed by atoms with Crippen LogP contribution in [-0.4, -0.2) is 87.8 Å². The van der Waals surface area contributed by atoms with Crippen LogP contribution < -0.4 is 5.32 Å². The quantitative estimate of drug-likeness (QED) is 0.512. The van der Waals surface area contributed by atoms with E-state index in [9.17, 15) is 14.4 Å². The molecule has 5 rings (SSSR count). The van der Waals surface area contributed by atoms with Crippen LogP contribution >= 0.6 is 0 Å². The second-order valence-electron chi connectivity index (χ2n) is 10.9. The molecule has 1 N–H and O–H groups in total. The number of hydrogen-bond donors (Lipinski definition) is 1. The molecule has 1 unspecified atom stereocenters. The topological polar surface area (TPSA) is 113 Å². The molecule has 0 radical (unpaired) electrons. The molecule has 1 aromatic carbocycles. The first kappa shape index (κ1) is 27.4. The van der Waals surface area contributed by atoms with Gasteiger partial charge in [0.1, 0.15) is 0 Å². The van der Waals surface area contributed by atoms with Crippen molar-refractivity contribution in [1.29, 1.82) is 0 Å². The van der Waals surface area contributed by atoms with Gasteiger partial charge in [-0.3, -0.25) is 14.4 Å². The lowest BCUT2D eigenvalue weighted by Gasteiger charge is -2.32. The van der Waals surface area contributed by atoms with Gasteiger partial charge in [-0.2, -0.15) is 5.10 Å². The number of rotatable bonds is 6. The normalized spacial score (nSPS) is 18.2. The van der Waals surface area contributed by atoms with Crippen LogP contribution in [0.2, 0.25) is 0 Å². The molecule has 0 aliphatic carbocycles. The molecule has 3 aromatic rings. The Morgan fingerprint density at radius 2 is 1.77 bits per heavy atom. The fourth-order valence-electron chi connectivity index (χ4n) is 5.15. The summed E-state index contributed by atoms with van der Waals surface area (Å²) in [7, 11) is 2.06. The molecule has 1 atom stereocenters. The Kier molecular flexibility index (Phi) is 7.62. The van der Waals surface area contributed by atoms with Gasteiger partial charge < -0.3 is 15.1 Å². The summed E-state index contributed by atoms with van der Waals surface area (Å²) in [6.07, 6.45) is 3.52. The molecule has 0 spiro atoms. The van der Waals surface area contributed by atoms with Crippen molar-refractivity contribution in [1.82, 2.24) is 29.9 Å². The summed E-state index contributed by atoms with van der Waals surface area (Å²) in [5.74, 6) is -1.04. The summed E-state index contributed by atoms with van der Waals surface area (Å²) in [6.45, 7) is 11.0. The molecule has 208 valence electrons. The van der Waals surface area contributed by atoms with E-state index >= 15 is 0 Å². The van der Waals surface area contributed by atoms with Gasteiger partial charge in [0.15, 0.2) is 5.65 Å². The molecule has 3 amide bonds. The van der Waals surface area contributed by atoms with Gasteiger partial charge in [-0.1, -0.05) is 17.7 Å². The Labute approximate surface area is 233 Å². The predicted molar refractivity (Wildman–Crippen MR) is 154 cm³/mol. The number of aromatic nitrogens is 3. The summed E-state index contributed by atoms with van der Waals surface area (Å²) < 4.78 is 1.79. The Bertz CT molecular complexity index is 1530. The highest BCUT2D eigenvalue weighted by Gasteiger charge is 2.26. The van der Waals surface area contributed by atoms with E-state index in [0.29, 0.717) is 46.7 Å². The van der Waals surface area contributed by atoms with Gasteiger partial charge in [0.05, 0.1) is 28.8 Å². The maximum Gasteiger partial charge on any atom is 0.254 e. The number of benzene rings is 1. The summed E-state index contributed by atoms with van der Waals surface area (Å²) in [5.41, 5.74) is 4.57. The van der Waals surface area contributed by atoms with Crippen LogP contribution in [-0.2, 0) is 4.79 Å². The van der Waals surface area contributed by atoms with Crippen LogP contribution in [0.25, 0.3) is 22.3 Å². The molecule has 2 aromatic heterocycles. The fraction of sp³-hybridized carbons (Fsp3) is 0.400. The highest BCUT2D eigenvalue weighted by Crippen LogP contribution is 2.27. The molecule has 2 aliphatic rings. The van der Waals surface area contributed by atoms with E-state index in [1.807, 2.05) is 56.0 Å². The van der Waals surface area contributed by atoms with Gasteiger partial charge in [-0.15, -0.1) is 0 Å². The van der Waals surface area contributed by atoms with E-state index in [1.54, 1.807) is 23.9 Å². The monoisotopic (exact) mass is 541 g/mol. The minimum atomic E-state index is -0.492. The van der Waals surface area contributed by atoms with E-state index in [2.05, 4.69) is 27.4 Å². The Balaban J connectivity index is 1.43. The van der Waals surface area contributed by atoms with Crippen molar-refractivity contribution in [2.24, 2.45) is 10.9 Å². The number of nitrogens with one attached hydrogen (secondary N) is 1. The second-order valence-corrected chi connectivity index (χ2v) is 10.9. The Morgan fingerprint density at radius 1 is 1.07 bits per heavy atom. The third-order valence-corrected chi connectivity index (χ3v) is 7.56. The minimum Gasteiger partial charge on any atom is -0.351 e. The fourth-order valence-corrected chi connectivity index (χ4v) is 5.15. The number of amides is 3.